The number of nitrogens with one attached hydrogen (secondary N) is 1. The van der Waals surface area contributed by atoms with Crippen LogP contribution in [0, 0.1) is 11.8 Å². The molecular formula is C15H30N2O. The fraction of sp³-hybridized carbons (Fsp3) is 1.00. The van der Waals surface area contributed by atoms with Crippen LogP contribution in [0.4, 0.5) is 0 Å². The fourth-order valence-corrected chi connectivity index (χ4v) is 3.05. The normalized spacial score (nSPS) is 31.5. The van der Waals surface area contributed by atoms with Crippen LogP contribution in [0.15, 0.2) is 0 Å². The van der Waals surface area contributed by atoms with Crippen LogP contribution in [0.3, 0.4) is 0 Å². The minimum absolute atomic E-state index is 0.673. The van der Waals surface area contributed by atoms with Crippen LogP contribution in [-0.4, -0.2) is 49.8 Å². The molecule has 0 bridgehead atoms. The molecule has 0 aromatic carbocycles. The molecule has 1 saturated heterocycles. The van der Waals surface area contributed by atoms with E-state index in [9.17, 15) is 0 Å². The Kier molecular flexibility index (Phi) is 5.46. The SMILES string of the molecule is CCOCCN1CC(C(C)CC)NCC1C1CC1. The Labute approximate surface area is 112 Å². The van der Waals surface area contributed by atoms with Crippen LogP contribution in [0.2, 0.25) is 0 Å². The second kappa shape index (κ2) is 6.88. The minimum Gasteiger partial charge on any atom is -0.380 e. The summed E-state index contributed by atoms with van der Waals surface area (Å²) in [7, 11) is 0. The second-order valence-corrected chi connectivity index (χ2v) is 6.00. The van der Waals surface area contributed by atoms with Crippen LogP contribution >= 0.6 is 0 Å². The standard InChI is InChI=1S/C15H30N2O/c1-4-12(3)14-11-17(8-9-18-5-2)15(10-16-14)13-6-7-13/h12-16H,4-11H2,1-3H3. The van der Waals surface area contributed by atoms with Gasteiger partial charge in [0.05, 0.1) is 6.61 Å². The quantitative estimate of drug-likeness (QED) is 0.704. The lowest BCUT2D eigenvalue weighted by atomic mass is 9.94. The number of piperazine rings is 1. The van der Waals surface area contributed by atoms with Crippen molar-refractivity contribution in [2.45, 2.75) is 52.1 Å². The Hall–Kier alpha value is -0.120. The molecule has 3 nitrogen and oxygen atoms in total. The van der Waals surface area contributed by atoms with E-state index < -0.39 is 0 Å². The van der Waals surface area contributed by atoms with E-state index in [0.29, 0.717) is 6.04 Å². The molecule has 2 fully saturated rings. The first-order valence-corrected chi connectivity index (χ1v) is 7.81. The average molecular weight is 254 g/mol. The van der Waals surface area contributed by atoms with Crippen LogP contribution in [0.25, 0.3) is 0 Å². The van der Waals surface area contributed by atoms with Gasteiger partial charge in [0.1, 0.15) is 0 Å². The van der Waals surface area contributed by atoms with Gasteiger partial charge in [-0.25, -0.2) is 0 Å². The molecule has 1 saturated carbocycles. The first-order chi connectivity index (χ1) is 8.76. The predicted octanol–water partition coefficient (Wildman–Crippen LogP) is 2.12. The van der Waals surface area contributed by atoms with E-state index in [0.717, 1.165) is 37.6 Å². The summed E-state index contributed by atoms with van der Waals surface area (Å²) in [4.78, 5) is 2.70. The average Bonchev–Trinajstić information content (AvgIpc) is 3.22. The summed E-state index contributed by atoms with van der Waals surface area (Å²) in [5, 5.41) is 3.78. The highest BCUT2D eigenvalue weighted by Gasteiger charge is 2.39. The van der Waals surface area contributed by atoms with Gasteiger partial charge in [0.15, 0.2) is 0 Å². The number of hydrogen-bond donors (Lipinski definition) is 1. The summed E-state index contributed by atoms with van der Waals surface area (Å²) < 4.78 is 5.54. The molecule has 1 heterocycles. The van der Waals surface area contributed by atoms with E-state index in [1.165, 1.54) is 32.4 Å². The maximum Gasteiger partial charge on any atom is 0.0593 e. The van der Waals surface area contributed by atoms with Gasteiger partial charge in [-0.3, -0.25) is 4.90 Å². The van der Waals surface area contributed by atoms with Gasteiger partial charge in [-0.05, 0) is 31.6 Å². The van der Waals surface area contributed by atoms with Crippen molar-refractivity contribution >= 4 is 0 Å². The lowest BCUT2D eigenvalue weighted by Gasteiger charge is -2.42. The van der Waals surface area contributed by atoms with E-state index in [4.69, 9.17) is 4.74 Å². The van der Waals surface area contributed by atoms with Crippen LogP contribution in [0.5, 0.6) is 0 Å². The third kappa shape index (κ3) is 3.69. The molecule has 106 valence electrons. The molecule has 1 aliphatic heterocycles. The molecule has 1 N–H and O–H groups in total. The molecule has 3 atom stereocenters. The zero-order valence-electron chi connectivity index (χ0n) is 12.3. The zero-order valence-corrected chi connectivity index (χ0v) is 12.3. The van der Waals surface area contributed by atoms with Gasteiger partial charge >= 0.3 is 0 Å². The highest BCUT2D eigenvalue weighted by atomic mass is 16.5. The van der Waals surface area contributed by atoms with Gasteiger partial charge in [-0.1, -0.05) is 20.3 Å². The Morgan fingerprint density at radius 2 is 2.11 bits per heavy atom. The summed E-state index contributed by atoms with van der Waals surface area (Å²) in [6.45, 7) is 12.0. The van der Waals surface area contributed by atoms with Crippen molar-refractivity contribution in [3.8, 4) is 0 Å². The maximum absolute atomic E-state index is 5.54. The molecule has 3 unspecified atom stereocenters. The topological polar surface area (TPSA) is 24.5 Å². The smallest absolute Gasteiger partial charge is 0.0593 e. The molecule has 0 aromatic heterocycles. The van der Waals surface area contributed by atoms with E-state index in [1.807, 2.05) is 0 Å². The van der Waals surface area contributed by atoms with Crippen molar-refractivity contribution < 1.29 is 4.74 Å². The molecule has 0 radical (unpaired) electrons. The fourth-order valence-electron chi connectivity index (χ4n) is 3.05. The second-order valence-electron chi connectivity index (χ2n) is 6.00. The summed E-state index contributed by atoms with van der Waals surface area (Å²) in [6, 6.07) is 1.44. The van der Waals surface area contributed by atoms with Crippen molar-refractivity contribution in [3.63, 3.8) is 0 Å². The van der Waals surface area contributed by atoms with E-state index >= 15 is 0 Å². The Morgan fingerprint density at radius 3 is 2.72 bits per heavy atom. The largest absolute Gasteiger partial charge is 0.380 e. The van der Waals surface area contributed by atoms with E-state index in [1.54, 1.807) is 0 Å². The van der Waals surface area contributed by atoms with Crippen molar-refractivity contribution in [1.29, 1.82) is 0 Å². The van der Waals surface area contributed by atoms with Crippen LogP contribution in [-0.2, 0) is 4.74 Å². The molecule has 1 aliphatic carbocycles. The molecule has 3 heteroatoms. The lowest BCUT2D eigenvalue weighted by Crippen LogP contribution is -2.59. The van der Waals surface area contributed by atoms with Crippen molar-refractivity contribution in [3.05, 3.63) is 0 Å². The molecule has 2 rings (SSSR count). The van der Waals surface area contributed by atoms with E-state index in [2.05, 4.69) is 31.0 Å². The molecular weight excluding hydrogens is 224 g/mol. The van der Waals surface area contributed by atoms with Gasteiger partial charge in [0.2, 0.25) is 0 Å². The first-order valence-electron chi connectivity index (χ1n) is 7.81. The Morgan fingerprint density at radius 1 is 1.33 bits per heavy atom. The third-order valence-electron chi connectivity index (χ3n) is 4.71. The predicted molar refractivity (Wildman–Crippen MR) is 75.8 cm³/mol. The summed E-state index contributed by atoms with van der Waals surface area (Å²) >= 11 is 0. The van der Waals surface area contributed by atoms with Crippen molar-refractivity contribution in [2.24, 2.45) is 11.8 Å². The van der Waals surface area contributed by atoms with Gasteiger partial charge in [0, 0.05) is 38.3 Å². The highest BCUT2D eigenvalue weighted by molar-refractivity contribution is 4.95. The summed E-state index contributed by atoms with van der Waals surface area (Å²) in [6.07, 6.45) is 4.14. The molecule has 0 spiro atoms. The van der Waals surface area contributed by atoms with Gasteiger partial charge in [0.25, 0.3) is 0 Å². The monoisotopic (exact) mass is 254 g/mol. The lowest BCUT2D eigenvalue weighted by molar-refractivity contribution is 0.0538. The van der Waals surface area contributed by atoms with E-state index in [-0.39, 0.29) is 0 Å². The minimum atomic E-state index is 0.673. The van der Waals surface area contributed by atoms with Gasteiger partial charge in [-0.15, -0.1) is 0 Å². The first kappa shape index (κ1) is 14.3. The molecule has 0 amide bonds. The van der Waals surface area contributed by atoms with Gasteiger partial charge in [-0.2, -0.15) is 0 Å². The zero-order chi connectivity index (χ0) is 13.0. The van der Waals surface area contributed by atoms with Crippen LogP contribution in [0.1, 0.15) is 40.0 Å². The Balaban J connectivity index is 1.85. The molecule has 18 heavy (non-hydrogen) atoms. The highest BCUT2D eigenvalue weighted by Crippen LogP contribution is 2.36. The summed E-state index contributed by atoms with van der Waals surface area (Å²) in [5.41, 5.74) is 0. The molecule has 2 aliphatic rings. The van der Waals surface area contributed by atoms with Gasteiger partial charge < -0.3 is 10.1 Å². The van der Waals surface area contributed by atoms with Crippen molar-refractivity contribution in [1.82, 2.24) is 10.2 Å². The third-order valence-corrected chi connectivity index (χ3v) is 4.71. The molecule has 0 aromatic rings. The number of nitrogens with zero attached hydrogens (tertiary/aromatic N) is 1. The van der Waals surface area contributed by atoms with Crippen molar-refractivity contribution in [2.75, 3.05) is 32.8 Å². The Bertz CT molecular complexity index is 243. The van der Waals surface area contributed by atoms with Crippen LogP contribution < -0.4 is 5.32 Å². The number of hydrogen-bond acceptors (Lipinski definition) is 3. The number of rotatable bonds is 7. The maximum atomic E-state index is 5.54. The summed E-state index contributed by atoms with van der Waals surface area (Å²) in [5.74, 6) is 1.73. The number of ether oxygens (including phenoxy) is 1.